The van der Waals surface area contributed by atoms with Crippen molar-refractivity contribution in [2.45, 2.75) is 31.8 Å². The van der Waals surface area contributed by atoms with E-state index in [0.717, 1.165) is 0 Å². The predicted octanol–water partition coefficient (Wildman–Crippen LogP) is -0.947. The Morgan fingerprint density at radius 1 is 1.42 bits per heavy atom. The third kappa shape index (κ3) is 2.61. The molecule has 3 aliphatic heterocycles. The molecule has 1 aromatic rings. The lowest BCUT2D eigenvalue weighted by atomic mass is 9.93. The van der Waals surface area contributed by atoms with E-state index in [1.165, 1.54) is 27.3 Å². The molecule has 1 unspecified atom stereocenters. The fourth-order valence-corrected chi connectivity index (χ4v) is 3.94. The van der Waals surface area contributed by atoms with Crippen LogP contribution in [0.1, 0.15) is 11.9 Å². The van der Waals surface area contributed by atoms with Gasteiger partial charge in [-0.15, -0.1) is 11.3 Å². The van der Waals surface area contributed by atoms with Gasteiger partial charge < -0.3 is 19.9 Å². The van der Waals surface area contributed by atoms with Gasteiger partial charge >= 0.3 is 0 Å². The monoisotopic (exact) mass is 376 g/mol. The highest BCUT2D eigenvalue weighted by Gasteiger charge is 2.52. The fourth-order valence-electron chi connectivity index (χ4n) is 3.39. The molecule has 0 spiro atoms. The molecule has 0 radical (unpaired) electrons. The van der Waals surface area contributed by atoms with Gasteiger partial charge in [0, 0.05) is 17.8 Å². The Morgan fingerprint density at radius 2 is 2.23 bits per heavy atom. The number of piperazine rings is 1. The molecule has 4 heterocycles. The molecule has 1 N–H and O–H groups in total. The van der Waals surface area contributed by atoms with Crippen molar-refractivity contribution >= 4 is 34.7 Å². The molecule has 136 valence electrons. The lowest BCUT2D eigenvalue weighted by Crippen LogP contribution is -2.65. The van der Waals surface area contributed by atoms with Gasteiger partial charge in [0.1, 0.15) is 16.8 Å². The van der Waals surface area contributed by atoms with Crippen LogP contribution in [0.25, 0.3) is 0 Å². The van der Waals surface area contributed by atoms with Crippen molar-refractivity contribution < 1.29 is 23.9 Å². The highest BCUT2D eigenvalue weighted by molar-refractivity contribution is 7.09. The Hall–Kier alpha value is -2.59. The van der Waals surface area contributed by atoms with Crippen molar-refractivity contribution in [3.05, 3.63) is 28.4 Å². The molecule has 2 amide bonds. The van der Waals surface area contributed by atoms with Crippen molar-refractivity contribution in [3.63, 3.8) is 0 Å². The number of thiazole rings is 1. The highest BCUT2D eigenvalue weighted by atomic mass is 32.1. The number of ketones is 2. The maximum Gasteiger partial charge on any atom is 0.257 e. The number of aromatic nitrogens is 1. The summed E-state index contributed by atoms with van der Waals surface area (Å²) in [6.45, 7) is 2.61. The van der Waals surface area contributed by atoms with Crippen molar-refractivity contribution in [1.29, 1.82) is 0 Å². The number of carbonyl (C=O) groups excluding carboxylic acids is 4. The smallest absolute Gasteiger partial charge is 0.257 e. The summed E-state index contributed by atoms with van der Waals surface area (Å²) in [7, 11) is 0. The van der Waals surface area contributed by atoms with Crippen molar-refractivity contribution in [1.82, 2.24) is 20.1 Å². The summed E-state index contributed by atoms with van der Waals surface area (Å²) in [5.74, 6) is -2.94. The van der Waals surface area contributed by atoms with Gasteiger partial charge in [-0.1, -0.05) is 0 Å². The Balaban J connectivity index is 1.56. The molecule has 0 saturated carbocycles. The van der Waals surface area contributed by atoms with E-state index in [0.29, 0.717) is 11.6 Å². The standard InChI is InChI=1S/C16H16N4O5S/c1-8-7-25-11-6-19-5-9(15(23)18-4-10-17-2-3-26-10)13(21)14(22)12(19)16(24)20(8)11/h2-3,5,8,11-12H,4,6-7H2,1H3,(H,18,23)/t8-,11+,12?/m0/s1. The number of ether oxygens (including phenoxy) is 1. The summed E-state index contributed by atoms with van der Waals surface area (Å²) in [5.41, 5.74) is -0.268. The fraction of sp³-hybridized carbons (Fsp3) is 0.438. The summed E-state index contributed by atoms with van der Waals surface area (Å²) < 4.78 is 5.57. The van der Waals surface area contributed by atoms with Crippen LogP contribution in [0.3, 0.4) is 0 Å². The van der Waals surface area contributed by atoms with Crippen LogP contribution in [-0.4, -0.2) is 69.6 Å². The first-order chi connectivity index (χ1) is 12.5. The first kappa shape index (κ1) is 16.9. The van der Waals surface area contributed by atoms with Crippen molar-refractivity contribution in [2.75, 3.05) is 13.2 Å². The minimum atomic E-state index is -1.21. The first-order valence-corrected chi connectivity index (χ1v) is 9.02. The number of hydrogen-bond acceptors (Lipinski definition) is 8. The van der Waals surface area contributed by atoms with Gasteiger partial charge in [0.2, 0.25) is 11.6 Å². The number of hydrogen-bond donors (Lipinski definition) is 1. The molecule has 4 rings (SSSR count). The number of Topliss-reactive ketones (excluding diaryl/α,β-unsaturated/α-hetero) is 2. The van der Waals surface area contributed by atoms with Gasteiger partial charge in [-0.25, -0.2) is 4.98 Å². The van der Waals surface area contributed by atoms with Crippen LogP contribution in [0.4, 0.5) is 0 Å². The van der Waals surface area contributed by atoms with E-state index in [-0.39, 0.29) is 24.7 Å². The van der Waals surface area contributed by atoms with Crippen LogP contribution in [0.2, 0.25) is 0 Å². The van der Waals surface area contributed by atoms with Gasteiger partial charge in [-0.3, -0.25) is 19.2 Å². The van der Waals surface area contributed by atoms with E-state index < -0.39 is 35.7 Å². The molecule has 0 aliphatic carbocycles. The number of nitrogens with zero attached hydrogens (tertiary/aromatic N) is 3. The summed E-state index contributed by atoms with van der Waals surface area (Å²) >= 11 is 1.37. The minimum Gasteiger partial charge on any atom is -0.354 e. The summed E-state index contributed by atoms with van der Waals surface area (Å²) in [4.78, 5) is 56.9. The van der Waals surface area contributed by atoms with Gasteiger partial charge in [0.15, 0.2) is 6.04 Å². The maximum absolute atomic E-state index is 12.7. The van der Waals surface area contributed by atoms with Crippen LogP contribution in [0.15, 0.2) is 23.3 Å². The van der Waals surface area contributed by atoms with Crippen LogP contribution in [0.5, 0.6) is 0 Å². The summed E-state index contributed by atoms with van der Waals surface area (Å²) in [5, 5.41) is 5.04. The third-order valence-corrected chi connectivity index (χ3v) is 5.42. The molecule has 26 heavy (non-hydrogen) atoms. The number of amides is 2. The molecule has 0 bridgehead atoms. The van der Waals surface area contributed by atoms with Gasteiger partial charge in [-0.2, -0.15) is 0 Å². The van der Waals surface area contributed by atoms with Crippen LogP contribution >= 0.6 is 11.3 Å². The molecule has 2 fully saturated rings. The average molecular weight is 376 g/mol. The SMILES string of the molecule is C[C@H]1CO[C@@H]2CN3C=C(C(=O)NCc4nccs4)C(=O)C(=O)C3C(=O)N12. The quantitative estimate of drug-likeness (QED) is 0.412. The molecule has 9 nitrogen and oxygen atoms in total. The minimum absolute atomic E-state index is 0.149. The number of nitrogens with one attached hydrogen (secondary N) is 1. The molecule has 10 heteroatoms. The molecular weight excluding hydrogens is 360 g/mol. The van der Waals surface area contributed by atoms with Gasteiger partial charge in [0.25, 0.3) is 11.8 Å². The zero-order chi connectivity index (χ0) is 18.4. The van der Waals surface area contributed by atoms with Gasteiger partial charge in [-0.05, 0) is 6.92 Å². The first-order valence-electron chi connectivity index (χ1n) is 8.14. The Kier molecular flexibility index (Phi) is 4.08. The van der Waals surface area contributed by atoms with Crippen molar-refractivity contribution in [3.8, 4) is 0 Å². The molecule has 2 saturated heterocycles. The Labute approximate surface area is 152 Å². The number of rotatable bonds is 3. The number of carbonyl (C=O) groups is 4. The van der Waals surface area contributed by atoms with E-state index in [4.69, 9.17) is 4.74 Å². The molecule has 3 atom stereocenters. The number of fused-ring (bicyclic) bond motifs is 2. The molecule has 0 aromatic carbocycles. The lowest BCUT2D eigenvalue weighted by Gasteiger charge is -2.43. The van der Waals surface area contributed by atoms with E-state index in [2.05, 4.69) is 10.3 Å². The maximum atomic E-state index is 12.7. The van der Waals surface area contributed by atoms with E-state index in [1.54, 1.807) is 11.6 Å². The largest absolute Gasteiger partial charge is 0.354 e. The van der Waals surface area contributed by atoms with E-state index in [9.17, 15) is 19.2 Å². The second-order valence-corrected chi connectivity index (χ2v) is 7.31. The highest BCUT2D eigenvalue weighted by Crippen LogP contribution is 2.29. The second-order valence-electron chi connectivity index (χ2n) is 6.33. The van der Waals surface area contributed by atoms with Crippen LogP contribution in [0, 0.1) is 0 Å². The topological polar surface area (TPSA) is 109 Å². The van der Waals surface area contributed by atoms with E-state index >= 15 is 0 Å². The summed E-state index contributed by atoms with van der Waals surface area (Å²) in [6.07, 6.45) is 2.43. The third-order valence-electron chi connectivity index (χ3n) is 4.64. The molecular formula is C16H16N4O5S. The normalized spacial score (nSPS) is 28.0. The zero-order valence-electron chi connectivity index (χ0n) is 13.9. The molecule has 1 aromatic heterocycles. The Morgan fingerprint density at radius 3 is 2.96 bits per heavy atom. The molecule has 3 aliphatic rings. The van der Waals surface area contributed by atoms with Crippen LogP contribution in [-0.2, 0) is 30.5 Å². The van der Waals surface area contributed by atoms with Crippen LogP contribution < -0.4 is 5.32 Å². The van der Waals surface area contributed by atoms with E-state index in [1.807, 2.05) is 6.92 Å². The summed E-state index contributed by atoms with van der Waals surface area (Å²) in [6, 6.07) is -1.36. The lowest BCUT2D eigenvalue weighted by molar-refractivity contribution is -0.159. The average Bonchev–Trinajstić information content (AvgIpc) is 3.26. The van der Waals surface area contributed by atoms with Crippen molar-refractivity contribution in [2.24, 2.45) is 0 Å². The van der Waals surface area contributed by atoms with Gasteiger partial charge in [0.05, 0.1) is 25.7 Å². The predicted molar refractivity (Wildman–Crippen MR) is 88.6 cm³/mol. The zero-order valence-corrected chi connectivity index (χ0v) is 14.7. The second kappa shape index (κ2) is 6.29. The Bertz CT molecular complexity index is 821.